The third kappa shape index (κ3) is 8.49. The normalized spacial score (nSPS) is 14.3. The highest BCUT2D eigenvalue weighted by Gasteiger charge is 2.25. The van der Waals surface area contributed by atoms with E-state index in [-0.39, 0.29) is 23.3 Å². The molecule has 45 heavy (non-hydrogen) atoms. The molecule has 0 unspecified atom stereocenters. The van der Waals surface area contributed by atoms with Crippen molar-refractivity contribution >= 4 is 28.6 Å². The van der Waals surface area contributed by atoms with E-state index in [9.17, 15) is 24.6 Å². The number of aromatic hydroxyl groups is 1. The van der Waals surface area contributed by atoms with Crippen LogP contribution in [0.1, 0.15) is 50.2 Å². The quantitative estimate of drug-likeness (QED) is 0.136. The first kappa shape index (κ1) is 31.7. The van der Waals surface area contributed by atoms with Gasteiger partial charge in [-0.25, -0.2) is 4.79 Å². The standard InChI is InChI=1S/C35H40N4O6/c40-30-16-14-27(28-15-17-32(42)38-34(28)30)31(41)23-36-20-8-2-5-13-33(43)39-21-18-25(19-22-39)45-35(44)37-29-12-7-6-11-26(29)24-9-3-1-4-10-24/h1,3-4,6-7,9-12,14-17,25,31,36,40-41H,2,5,8,13,18-23H2,(H,37,44)(H,38,42)/t31-/m0/s1. The zero-order valence-corrected chi connectivity index (χ0v) is 25.2. The van der Waals surface area contributed by atoms with Gasteiger partial charge in [0.15, 0.2) is 0 Å². The number of phenolic OH excluding ortho intramolecular Hbond substituents is 1. The lowest BCUT2D eigenvalue weighted by atomic mass is 10.0. The summed E-state index contributed by atoms with van der Waals surface area (Å²) in [6.07, 6.45) is 2.68. The number of carbonyl (C=O) groups excluding carboxylic acids is 2. The van der Waals surface area contributed by atoms with Gasteiger partial charge in [0.05, 0.1) is 17.3 Å². The number of nitrogens with zero attached hydrogens (tertiary/aromatic N) is 1. The van der Waals surface area contributed by atoms with Gasteiger partial charge in [-0.05, 0) is 48.7 Å². The number of anilines is 1. The Morgan fingerprint density at radius 2 is 1.69 bits per heavy atom. The van der Waals surface area contributed by atoms with E-state index in [0.717, 1.165) is 30.4 Å². The number of hydrogen-bond acceptors (Lipinski definition) is 7. The second kappa shape index (κ2) is 15.4. The summed E-state index contributed by atoms with van der Waals surface area (Å²) in [5.74, 6) is 0.0817. The average Bonchev–Trinajstić information content (AvgIpc) is 3.05. The van der Waals surface area contributed by atoms with Crippen LogP contribution in [-0.4, -0.2) is 64.4 Å². The second-order valence-corrected chi connectivity index (χ2v) is 11.3. The van der Waals surface area contributed by atoms with Gasteiger partial charge in [-0.2, -0.15) is 0 Å². The van der Waals surface area contributed by atoms with Gasteiger partial charge in [0.2, 0.25) is 11.5 Å². The molecule has 1 atom stereocenters. The van der Waals surface area contributed by atoms with E-state index >= 15 is 0 Å². The monoisotopic (exact) mass is 612 g/mol. The first-order valence-electron chi connectivity index (χ1n) is 15.5. The Hall–Kier alpha value is -4.67. The molecule has 0 saturated carbocycles. The Labute approximate surface area is 262 Å². The second-order valence-electron chi connectivity index (χ2n) is 11.3. The van der Waals surface area contributed by atoms with E-state index in [2.05, 4.69) is 15.6 Å². The van der Waals surface area contributed by atoms with Crippen LogP contribution < -0.4 is 16.2 Å². The molecule has 2 heterocycles. The molecule has 0 spiro atoms. The Morgan fingerprint density at radius 1 is 0.933 bits per heavy atom. The van der Waals surface area contributed by atoms with Crippen molar-refractivity contribution in [3.8, 4) is 16.9 Å². The smallest absolute Gasteiger partial charge is 0.411 e. The summed E-state index contributed by atoms with van der Waals surface area (Å²) in [6, 6.07) is 23.6. The van der Waals surface area contributed by atoms with Crippen molar-refractivity contribution in [1.29, 1.82) is 0 Å². The van der Waals surface area contributed by atoms with Crippen LogP contribution in [0.2, 0.25) is 0 Å². The number of benzene rings is 3. The average molecular weight is 613 g/mol. The first-order chi connectivity index (χ1) is 21.9. The topological polar surface area (TPSA) is 144 Å². The van der Waals surface area contributed by atoms with Crippen molar-refractivity contribution in [2.45, 2.75) is 50.7 Å². The number of hydrogen-bond donors (Lipinski definition) is 5. The van der Waals surface area contributed by atoms with Crippen LogP contribution in [0.3, 0.4) is 0 Å². The van der Waals surface area contributed by atoms with Crippen LogP contribution in [0.4, 0.5) is 10.5 Å². The maximum atomic E-state index is 12.7. The molecule has 236 valence electrons. The Balaban J connectivity index is 0.960. The van der Waals surface area contributed by atoms with Gasteiger partial charge in [-0.1, -0.05) is 61.0 Å². The summed E-state index contributed by atoms with van der Waals surface area (Å²) in [4.78, 5) is 41.5. The SMILES string of the molecule is O=C(Nc1ccccc1-c1ccccc1)OC1CCN(C(=O)CCCCCNC[C@H](O)c2ccc(O)c3[nH]c(=O)ccc23)CC1. The fraction of sp³-hybridized carbons (Fsp3) is 0.343. The Kier molecular flexibility index (Phi) is 10.8. The lowest BCUT2D eigenvalue weighted by molar-refractivity contribution is -0.133. The number of aromatic amines is 1. The molecule has 1 fully saturated rings. The summed E-state index contributed by atoms with van der Waals surface area (Å²) >= 11 is 0. The minimum Gasteiger partial charge on any atom is -0.506 e. The summed E-state index contributed by atoms with van der Waals surface area (Å²) in [6.45, 7) is 2.15. The maximum Gasteiger partial charge on any atom is 0.411 e. The Bertz CT molecular complexity index is 1650. The van der Waals surface area contributed by atoms with Crippen LogP contribution in [0.5, 0.6) is 5.75 Å². The molecule has 3 aromatic carbocycles. The van der Waals surface area contributed by atoms with Crippen LogP contribution in [0.25, 0.3) is 22.0 Å². The van der Waals surface area contributed by atoms with Crippen LogP contribution in [0, 0.1) is 0 Å². The molecule has 1 aromatic heterocycles. The van der Waals surface area contributed by atoms with Gasteiger partial charge in [-0.15, -0.1) is 0 Å². The number of unbranched alkanes of at least 4 members (excludes halogenated alkanes) is 2. The lowest BCUT2D eigenvalue weighted by Crippen LogP contribution is -2.41. The first-order valence-corrected chi connectivity index (χ1v) is 15.5. The number of phenols is 1. The van der Waals surface area contributed by atoms with Crippen molar-refractivity contribution in [1.82, 2.24) is 15.2 Å². The van der Waals surface area contributed by atoms with E-state index in [4.69, 9.17) is 4.74 Å². The van der Waals surface area contributed by atoms with Gasteiger partial charge < -0.3 is 30.2 Å². The van der Waals surface area contributed by atoms with Gasteiger partial charge in [0.25, 0.3) is 0 Å². The number of H-pyrrole nitrogens is 1. The molecule has 2 amide bonds. The molecule has 10 heteroatoms. The predicted octanol–water partition coefficient (Wildman–Crippen LogP) is 5.32. The number of piperidine rings is 1. The Morgan fingerprint density at radius 3 is 2.49 bits per heavy atom. The zero-order chi connectivity index (χ0) is 31.6. The number of fused-ring (bicyclic) bond motifs is 1. The third-order valence-electron chi connectivity index (χ3n) is 8.16. The van der Waals surface area contributed by atoms with Crippen LogP contribution >= 0.6 is 0 Å². The summed E-state index contributed by atoms with van der Waals surface area (Å²) < 4.78 is 5.69. The largest absolute Gasteiger partial charge is 0.506 e. The van der Waals surface area contributed by atoms with Gasteiger partial charge >= 0.3 is 6.09 Å². The molecule has 0 radical (unpaired) electrons. The minimum absolute atomic E-state index is 0.0390. The number of likely N-dealkylation sites (tertiary alicyclic amines) is 1. The highest BCUT2D eigenvalue weighted by Crippen LogP contribution is 2.29. The highest BCUT2D eigenvalue weighted by atomic mass is 16.6. The number of para-hydroxylation sites is 1. The number of ether oxygens (including phenoxy) is 1. The molecule has 1 saturated heterocycles. The number of rotatable bonds is 12. The van der Waals surface area contributed by atoms with Crippen molar-refractivity contribution in [2.24, 2.45) is 0 Å². The number of nitrogens with one attached hydrogen (secondary N) is 3. The molecule has 0 bridgehead atoms. The fourth-order valence-corrected chi connectivity index (χ4v) is 5.73. The maximum absolute atomic E-state index is 12.7. The molecule has 0 aliphatic carbocycles. The number of aromatic nitrogens is 1. The zero-order valence-electron chi connectivity index (χ0n) is 25.2. The van der Waals surface area contributed by atoms with Crippen molar-refractivity contribution in [3.05, 3.63) is 94.8 Å². The van der Waals surface area contributed by atoms with E-state index < -0.39 is 12.2 Å². The molecule has 1 aliphatic rings. The number of carbonyl (C=O) groups is 2. The number of amides is 2. The molecule has 1 aliphatic heterocycles. The van der Waals surface area contributed by atoms with Crippen LogP contribution in [0.15, 0.2) is 83.7 Å². The number of aliphatic hydroxyl groups excluding tert-OH is 1. The number of aliphatic hydroxyl groups is 1. The van der Waals surface area contributed by atoms with Crippen LogP contribution in [-0.2, 0) is 9.53 Å². The highest BCUT2D eigenvalue weighted by molar-refractivity contribution is 5.91. The van der Waals surface area contributed by atoms with Gasteiger partial charge in [0, 0.05) is 55.9 Å². The molecule has 4 aromatic rings. The molecule has 10 nitrogen and oxygen atoms in total. The summed E-state index contributed by atoms with van der Waals surface area (Å²) in [7, 11) is 0. The van der Waals surface area contributed by atoms with E-state index in [1.54, 1.807) is 12.1 Å². The molecule has 5 rings (SSSR count). The van der Waals surface area contributed by atoms with Crippen molar-refractivity contribution < 1.29 is 24.5 Å². The number of pyridine rings is 1. The van der Waals surface area contributed by atoms with E-state index in [1.165, 1.54) is 12.1 Å². The van der Waals surface area contributed by atoms with Crippen molar-refractivity contribution in [3.63, 3.8) is 0 Å². The molecular weight excluding hydrogens is 572 g/mol. The molecule has 5 N–H and O–H groups in total. The predicted molar refractivity (Wildman–Crippen MR) is 174 cm³/mol. The summed E-state index contributed by atoms with van der Waals surface area (Å²) in [5, 5.41) is 27.4. The molecular formula is C35H40N4O6. The lowest BCUT2D eigenvalue weighted by Gasteiger charge is -2.31. The van der Waals surface area contributed by atoms with E-state index in [1.807, 2.05) is 59.5 Å². The van der Waals surface area contributed by atoms with Crippen molar-refractivity contribution in [2.75, 3.05) is 31.5 Å². The van der Waals surface area contributed by atoms with E-state index in [0.29, 0.717) is 67.6 Å². The fourth-order valence-electron chi connectivity index (χ4n) is 5.73. The van der Waals surface area contributed by atoms with Gasteiger partial charge in [-0.3, -0.25) is 14.9 Å². The van der Waals surface area contributed by atoms with Gasteiger partial charge in [0.1, 0.15) is 11.9 Å². The third-order valence-corrected chi connectivity index (χ3v) is 8.16. The minimum atomic E-state index is -0.802. The summed E-state index contributed by atoms with van der Waals surface area (Å²) in [5.41, 5.74) is 3.24.